The van der Waals surface area contributed by atoms with Crippen molar-refractivity contribution in [2.24, 2.45) is 0 Å². The van der Waals surface area contributed by atoms with Crippen LogP contribution in [0, 0.1) is 0 Å². The predicted octanol–water partition coefficient (Wildman–Crippen LogP) is 2.57. The van der Waals surface area contributed by atoms with Crippen molar-refractivity contribution in [2.75, 3.05) is 6.61 Å². The first-order chi connectivity index (χ1) is 10.4. The van der Waals surface area contributed by atoms with E-state index in [1.165, 1.54) is 6.92 Å². The molecule has 0 aliphatic heterocycles. The second kappa shape index (κ2) is 9.16. The van der Waals surface area contributed by atoms with E-state index >= 15 is 0 Å². The number of rotatable bonds is 7. The van der Waals surface area contributed by atoms with Crippen molar-refractivity contribution in [1.82, 2.24) is 5.32 Å². The maximum absolute atomic E-state index is 12.0. The molecule has 0 aromatic rings. The van der Waals surface area contributed by atoms with Crippen LogP contribution >= 0.6 is 11.6 Å². The highest BCUT2D eigenvalue weighted by molar-refractivity contribution is 6.22. The van der Waals surface area contributed by atoms with Gasteiger partial charge in [-0.15, -0.1) is 11.6 Å². The van der Waals surface area contributed by atoms with Gasteiger partial charge in [0.25, 0.3) is 0 Å². The Hall–Kier alpha value is -1.07. The van der Waals surface area contributed by atoms with Gasteiger partial charge in [-0.25, -0.2) is 4.79 Å². The molecule has 0 bridgehead atoms. The third-order valence-corrected chi connectivity index (χ3v) is 4.12. The van der Waals surface area contributed by atoms with Crippen LogP contribution in [-0.2, 0) is 19.1 Å². The van der Waals surface area contributed by atoms with Crippen molar-refractivity contribution >= 4 is 23.5 Å². The number of nitrogens with one attached hydrogen (secondary N) is 1. The number of hydrogen-bond donors (Lipinski definition) is 1. The van der Waals surface area contributed by atoms with Crippen LogP contribution in [0.1, 0.15) is 47.0 Å². The first kappa shape index (κ1) is 19.0. The van der Waals surface area contributed by atoms with Gasteiger partial charge < -0.3 is 14.8 Å². The quantitative estimate of drug-likeness (QED) is 0.575. The van der Waals surface area contributed by atoms with Gasteiger partial charge in [0, 0.05) is 12.5 Å². The molecule has 1 aliphatic rings. The largest absolute Gasteiger partial charge is 0.463 e. The summed E-state index contributed by atoms with van der Waals surface area (Å²) in [5.41, 5.74) is 0.513. The highest BCUT2D eigenvalue weighted by Gasteiger charge is 2.36. The molecule has 0 unspecified atom stereocenters. The molecule has 0 fully saturated rings. The van der Waals surface area contributed by atoms with E-state index in [1.807, 2.05) is 13.8 Å². The highest BCUT2D eigenvalue weighted by Crippen LogP contribution is 2.28. The van der Waals surface area contributed by atoms with Gasteiger partial charge >= 0.3 is 5.97 Å². The minimum absolute atomic E-state index is 0.0583. The summed E-state index contributed by atoms with van der Waals surface area (Å²) in [4.78, 5) is 23.4. The van der Waals surface area contributed by atoms with E-state index in [2.05, 4.69) is 5.32 Å². The van der Waals surface area contributed by atoms with Crippen molar-refractivity contribution < 1.29 is 19.1 Å². The van der Waals surface area contributed by atoms with Crippen molar-refractivity contribution in [1.29, 1.82) is 0 Å². The Kier molecular flexibility index (Phi) is 7.90. The number of amides is 1. The van der Waals surface area contributed by atoms with Gasteiger partial charge in [-0.05, 0) is 32.3 Å². The van der Waals surface area contributed by atoms with Crippen molar-refractivity contribution in [3.05, 3.63) is 11.6 Å². The van der Waals surface area contributed by atoms with Crippen LogP contribution in [-0.4, -0.2) is 42.1 Å². The molecular weight excluding hydrogens is 306 g/mol. The lowest BCUT2D eigenvalue weighted by Crippen LogP contribution is -2.52. The Balaban J connectivity index is 2.98. The maximum Gasteiger partial charge on any atom is 0.333 e. The summed E-state index contributed by atoms with van der Waals surface area (Å²) in [5.74, 6) is -0.533. The molecule has 0 spiro atoms. The van der Waals surface area contributed by atoms with Gasteiger partial charge in [0.2, 0.25) is 5.91 Å². The maximum atomic E-state index is 12.0. The molecule has 1 aliphatic carbocycles. The van der Waals surface area contributed by atoms with Gasteiger partial charge in [0.1, 0.15) is 0 Å². The van der Waals surface area contributed by atoms with Gasteiger partial charge in [0.15, 0.2) is 0 Å². The zero-order valence-corrected chi connectivity index (χ0v) is 14.5. The van der Waals surface area contributed by atoms with E-state index in [0.717, 1.165) is 12.8 Å². The number of halogens is 1. The van der Waals surface area contributed by atoms with E-state index in [0.29, 0.717) is 18.6 Å². The van der Waals surface area contributed by atoms with Gasteiger partial charge in [-0.1, -0.05) is 13.8 Å². The van der Waals surface area contributed by atoms with E-state index in [-0.39, 0.29) is 24.0 Å². The topological polar surface area (TPSA) is 64.6 Å². The van der Waals surface area contributed by atoms with Crippen LogP contribution in [0.2, 0.25) is 0 Å². The molecule has 126 valence electrons. The Labute approximate surface area is 137 Å². The SMILES string of the molecule is CCOC(=O)C1=C[C@@H](OC(CC)CC)[C@H](NC(C)=O)[C@@H](Cl)C1. The molecule has 0 heterocycles. The van der Waals surface area contributed by atoms with Gasteiger partial charge in [0.05, 0.1) is 30.2 Å². The van der Waals surface area contributed by atoms with Crippen LogP contribution < -0.4 is 5.32 Å². The van der Waals surface area contributed by atoms with Crippen LogP contribution in [0.4, 0.5) is 0 Å². The third kappa shape index (κ3) is 5.29. The number of hydrogen-bond acceptors (Lipinski definition) is 4. The highest BCUT2D eigenvalue weighted by atomic mass is 35.5. The lowest BCUT2D eigenvalue weighted by molar-refractivity contribution is -0.139. The molecule has 0 aromatic carbocycles. The number of alkyl halides is 1. The summed E-state index contributed by atoms with van der Waals surface area (Å²) in [6.07, 6.45) is 3.45. The zero-order valence-electron chi connectivity index (χ0n) is 13.7. The van der Waals surface area contributed by atoms with E-state index in [9.17, 15) is 9.59 Å². The van der Waals surface area contributed by atoms with Crippen LogP contribution in [0.5, 0.6) is 0 Å². The zero-order chi connectivity index (χ0) is 16.7. The third-order valence-electron chi connectivity index (χ3n) is 3.69. The summed E-state index contributed by atoms with van der Waals surface area (Å²) in [6.45, 7) is 7.60. The van der Waals surface area contributed by atoms with E-state index in [1.54, 1.807) is 13.0 Å². The average molecular weight is 332 g/mol. The summed E-state index contributed by atoms with van der Waals surface area (Å²) >= 11 is 6.39. The average Bonchev–Trinajstić information content (AvgIpc) is 2.47. The number of carbonyl (C=O) groups excluding carboxylic acids is 2. The monoisotopic (exact) mass is 331 g/mol. The Morgan fingerprint density at radius 1 is 1.36 bits per heavy atom. The molecule has 5 nitrogen and oxygen atoms in total. The molecule has 1 N–H and O–H groups in total. The Morgan fingerprint density at radius 3 is 2.50 bits per heavy atom. The minimum atomic E-state index is -0.426. The minimum Gasteiger partial charge on any atom is -0.463 e. The molecule has 0 radical (unpaired) electrons. The molecule has 3 atom stereocenters. The number of ether oxygens (including phenoxy) is 2. The molecular formula is C16H26ClNO4. The second-order valence-electron chi connectivity index (χ2n) is 5.40. The van der Waals surface area contributed by atoms with Crippen LogP contribution in [0.25, 0.3) is 0 Å². The van der Waals surface area contributed by atoms with Crippen molar-refractivity contribution in [3.8, 4) is 0 Å². The molecule has 0 saturated carbocycles. The number of carbonyl (C=O) groups is 2. The molecule has 0 saturated heterocycles. The Bertz CT molecular complexity index is 420. The molecule has 6 heteroatoms. The molecule has 0 aromatic heterocycles. The smallest absolute Gasteiger partial charge is 0.333 e. The van der Waals surface area contributed by atoms with Gasteiger partial charge in [-0.3, -0.25) is 4.79 Å². The second-order valence-corrected chi connectivity index (χ2v) is 5.96. The lowest BCUT2D eigenvalue weighted by atomic mass is 9.91. The van der Waals surface area contributed by atoms with Gasteiger partial charge in [-0.2, -0.15) is 0 Å². The van der Waals surface area contributed by atoms with Crippen molar-refractivity contribution in [2.45, 2.75) is 70.6 Å². The van der Waals surface area contributed by atoms with Crippen molar-refractivity contribution in [3.63, 3.8) is 0 Å². The summed E-state index contributed by atoms with van der Waals surface area (Å²) in [6, 6.07) is -0.349. The van der Waals surface area contributed by atoms with E-state index < -0.39 is 11.5 Å². The fourth-order valence-electron chi connectivity index (χ4n) is 2.52. The fraction of sp³-hybridized carbons (Fsp3) is 0.750. The normalized spacial score (nSPS) is 24.8. The molecule has 22 heavy (non-hydrogen) atoms. The van der Waals surface area contributed by atoms with E-state index in [4.69, 9.17) is 21.1 Å². The molecule has 1 rings (SSSR count). The lowest BCUT2D eigenvalue weighted by Gasteiger charge is -2.35. The summed E-state index contributed by atoms with van der Waals surface area (Å²) < 4.78 is 11.1. The van der Waals surface area contributed by atoms with Crippen LogP contribution in [0.3, 0.4) is 0 Å². The summed E-state index contributed by atoms with van der Waals surface area (Å²) in [7, 11) is 0. The first-order valence-corrected chi connectivity index (χ1v) is 8.30. The summed E-state index contributed by atoms with van der Waals surface area (Å²) in [5, 5.41) is 2.42. The Morgan fingerprint density at radius 2 is 2.00 bits per heavy atom. The standard InChI is InChI=1S/C16H26ClNO4/c1-5-12(6-2)22-14-9-11(16(20)21-7-3)8-13(17)15(14)18-10(4)19/h9,12-15H,5-8H2,1-4H3,(H,18,19)/t13-,14+,15+/m0/s1. The van der Waals surface area contributed by atoms with Crippen LogP contribution in [0.15, 0.2) is 11.6 Å². The predicted molar refractivity (Wildman–Crippen MR) is 85.8 cm³/mol. The first-order valence-electron chi connectivity index (χ1n) is 7.87. The number of esters is 1. The fourth-order valence-corrected chi connectivity index (χ4v) is 2.90. The molecule has 1 amide bonds.